The van der Waals surface area contributed by atoms with E-state index in [2.05, 4.69) is 13.2 Å². The normalized spacial score (nSPS) is 12.6. The van der Waals surface area contributed by atoms with E-state index in [0.29, 0.717) is 0 Å². The fraction of sp³-hybridized carbons (Fsp3) is 0.143. The van der Waals surface area contributed by atoms with E-state index in [1.807, 2.05) is 0 Å². The minimum atomic E-state index is -1.13. The Morgan fingerprint density at radius 1 is 1.40 bits per heavy atom. The van der Waals surface area contributed by atoms with Gasteiger partial charge in [-0.3, -0.25) is 4.79 Å². The Bertz CT molecular complexity index is 151. The molecule has 0 amide bonds. The molecule has 0 aliphatic carbocycles. The fourth-order valence-electron chi connectivity index (χ4n) is 0.475. The summed E-state index contributed by atoms with van der Waals surface area (Å²) in [4.78, 5) is 10.2. The first kappa shape index (κ1) is 8.91. The van der Waals surface area contributed by atoms with Crippen molar-refractivity contribution in [1.82, 2.24) is 0 Å². The van der Waals surface area contributed by atoms with E-state index in [4.69, 9.17) is 10.2 Å². The molecule has 1 radical (unpaired) electrons. The van der Waals surface area contributed by atoms with Gasteiger partial charge < -0.3 is 10.2 Å². The second-order valence-electron chi connectivity index (χ2n) is 1.68. The van der Waals surface area contributed by atoms with Crippen molar-refractivity contribution in [2.24, 2.45) is 5.92 Å². The molecule has 0 saturated carbocycles. The van der Waals surface area contributed by atoms with Gasteiger partial charge in [0, 0.05) is 0 Å². The molecule has 0 aromatic rings. The topological polar surface area (TPSA) is 57.5 Å². The van der Waals surface area contributed by atoms with E-state index in [0.717, 1.165) is 12.2 Å². The number of aliphatic hydroxyl groups excluding tert-OH is 1. The highest BCUT2D eigenvalue weighted by Crippen LogP contribution is 2.12. The van der Waals surface area contributed by atoms with Crippen LogP contribution < -0.4 is 0 Å². The number of carboxylic acids is 1. The lowest BCUT2D eigenvalue weighted by molar-refractivity contribution is -0.140. The van der Waals surface area contributed by atoms with Gasteiger partial charge in [-0.05, 0) is 0 Å². The third-order valence-electron chi connectivity index (χ3n) is 1.03. The van der Waals surface area contributed by atoms with Crippen molar-refractivity contribution >= 4 is 5.97 Å². The summed E-state index contributed by atoms with van der Waals surface area (Å²) in [5.41, 5.74) is 0. The highest BCUT2D eigenvalue weighted by atomic mass is 16.4. The van der Waals surface area contributed by atoms with Crippen LogP contribution in [0.5, 0.6) is 0 Å². The van der Waals surface area contributed by atoms with E-state index in [1.54, 1.807) is 0 Å². The monoisotopic (exact) mass is 141 g/mol. The lowest BCUT2D eigenvalue weighted by Crippen LogP contribution is -2.17. The largest absolute Gasteiger partial charge is 0.481 e. The van der Waals surface area contributed by atoms with Gasteiger partial charge in [0.2, 0.25) is 0 Å². The quantitative estimate of drug-likeness (QED) is 0.573. The summed E-state index contributed by atoms with van der Waals surface area (Å²) in [6, 6.07) is 0. The predicted octanol–water partition coefficient (Wildman–Crippen LogP) is 0.964. The zero-order valence-corrected chi connectivity index (χ0v) is 5.45. The summed E-state index contributed by atoms with van der Waals surface area (Å²) in [6.45, 7) is 6.46. The Hall–Kier alpha value is -1.09. The zero-order valence-electron chi connectivity index (χ0n) is 5.45. The molecule has 0 rings (SSSR count). The Kier molecular flexibility index (Phi) is 3.43. The first-order chi connectivity index (χ1) is 4.63. The van der Waals surface area contributed by atoms with Crippen molar-refractivity contribution in [2.45, 2.75) is 0 Å². The molecule has 2 N–H and O–H groups in total. The highest BCUT2D eigenvalue weighted by molar-refractivity contribution is 5.74. The van der Waals surface area contributed by atoms with Gasteiger partial charge >= 0.3 is 5.97 Å². The summed E-state index contributed by atoms with van der Waals surface area (Å²) >= 11 is 0. The molecular formula is C7H9O3. The molecule has 3 nitrogen and oxygen atoms in total. The van der Waals surface area contributed by atoms with Gasteiger partial charge in [-0.25, -0.2) is 0 Å². The maximum absolute atomic E-state index is 10.2. The Labute approximate surface area is 59.3 Å². The van der Waals surface area contributed by atoms with Crippen LogP contribution in [0, 0.1) is 12.0 Å². The second-order valence-corrected chi connectivity index (χ2v) is 1.68. The lowest BCUT2D eigenvalue weighted by atomic mass is 10.0. The zero-order chi connectivity index (χ0) is 8.15. The maximum atomic E-state index is 10.2. The second kappa shape index (κ2) is 3.85. The van der Waals surface area contributed by atoms with Crippen LogP contribution in [0.3, 0.4) is 0 Å². The highest BCUT2D eigenvalue weighted by Gasteiger charge is 2.20. The van der Waals surface area contributed by atoms with Crippen molar-refractivity contribution in [3.63, 3.8) is 0 Å². The van der Waals surface area contributed by atoms with Crippen molar-refractivity contribution in [3.05, 3.63) is 31.4 Å². The minimum absolute atomic E-state index is 0.289. The van der Waals surface area contributed by atoms with Crippen LogP contribution in [0.1, 0.15) is 0 Å². The van der Waals surface area contributed by atoms with Crippen molar-refractivity contribution in [3.8, 4) is 0 Å². The van der Waals surface area contributed by atoms with Crippen LogP contribution in [0.15, 0.2) is 25.3 Å². The number of aliphatic hydroxyl groups is 1. The fourth-order valence-corrected chi connectivity index (χ4v) is 0.475. The molecule has 0 spiro atoms. The van der Waals surface area contributed by atoms with E-state index in [9.17, 15) is 4.79 Å². The standard InChI is InChI=1S/C7H9O3/c1-3-5(7(9)10)6(8)4-2/h3-5,8H,1-2H2,(H,9,10). The summed E-state index contributed by atoms with van der Waals surface area (Å²) in [5, 5.41) is 17.2. The molecule has 0 aliphatic heterocycles. The predicted molar refractivity (Wildman–Crippen MR) is 36.7 cm³/mol. The summed E-state index contributed by atoms with van der Waals surface area (Å²) < 4.78 is 0. The molecule has 0 bridgehead atoms. The van der Waals surface area contributed by atoms with Gasteiger partial charge in [0.25, 0.3) is 0 Å². The Morgan fingerprint density at radius 2 is 1.90 bits per heavy atom. The number of aliphatic carboxylic acids is 1. The number of hydrogen-bond acceptors (Lipinski definition) is 2. The average Bonchev–Trinajstić information content (AvgIpc) is 1.88. The Balaban J connectivity index is 4.19. The number of carbonyl (C=O) groups is 1. The van der Waals surface area contributed by atoms with Crippen molar-refractivity contribution in [2.75, 3.05) is 0 Å². The number of rotatable bonds is 4. The minimum Gasteiger partial charge on any atom is -0.481 e. The van der Waals surface area contributed by atoms with E-state index in [1.165, 1.54) is 0 Å². The van der Waals surface area contributed by atoms with E-state index < -0.39 is 11.9 Å². The van der Waals surface area contributed by atoms with Crippen LogP contribution in [0.4, 0.5) is 0 Å². The molecule has 3 heteroatoms. The molecule has 10 heavy (non-hydrogen) atoms. The van der Waals surface area contributed by atoms with Crippen molar-refractivity contribution < 1.29 is 15.0 Å². The van der Waals surface area contributed by atoms with Crippen LogP contribution >= 0.6 is 0 Å². The van der Waals surface area contributed by atoms with Gasteiger partial charge in [-0.1, -0.05) is 12.2 Å². The summed E-state index contributed by atoms with van der Waals surface area (Å²) in [6.07, 6.45) is 1.93. The van der Waals surface area contributed by atoms with Gasteiger partial charge in [-0.2, -0.15) is 0 Å². The summed E-state index contributed by atoms with van der Waals surface area (Å²) in [7, 11) is 0. The van der Waals surface area contributed by atoms with Gasteiger partial charge in [-0.15, -0.1) is 13.2 Å². The third kappa shape index (κ3) is 2.03. The molecule has 0 heterocycles. The van der Waals surface area contributed by atoms with Crippen molar-refractivity contribution in [1.29, 1.82) is 0 Å². The van der Waals surface area contributed by atoms with Crippen LogP contribution in [0.25, 0.3) is 0 Å². The molecule has 1 unspecified atom stereocenters. The van der Waals surface area contributed by atoms with Gasteiger partial charge in [0.05, 0.1) is 0 Å². The number of carboxylic acid groups (broad SMARTS) is 1. The van der Waals surface area contributed by atoms with E-state index in [-0.39, 0.29) is 6.10 Å². The molecule has 0 aromatic heterocycles. The third-order valence-corrected chi connectivity index (χ3v) is 1.03. The maximum Gasteiger partial charge on any atom is 0.313 e. The smallest absolute Gasteiger partial charge is 0.313 e. The number of hydrogen-bond donors (Lipinski definition) is 2. The van der Waals surface area contributed by atoms with Crippen LogP contribution in [-0.2, 0) is 4.79 Å². The average molecular weight is 141 g/mol. The summed E-state index contributed by atoms with van der Waals surface area (Å²) in [5.74, 6) is -2.16. The van der Waals surface area contributed by atoms with Gasteiger partial charge in [0.1, 0.15) is 12.0 Å². The van der Waals surface area contributed by atoms with Crippen LogP contribution in [0.2, 0.25) is 0 Å². The molecule has 0 aromatic carbocycles. The molecule has 0 fully saturated rings. The van der Waals surface area contributed by atoms with E-state index >= 15 is 0 Å². The van der Waals surface area contributed by atoms with Gasteiger partial charge in [0.15, 0.2) is 0 Å². The molecule has 1 atom stereocenters. The molecular weight excluding hydrogens is 132 g/mol. The first-order valence-corrected chi connectivity index (χ1v) is 2.67. The lowest BCUT2D eigenvalue weighted by Gasteiger charge is -2.08. The molecule has 0 saturated heterocycles. The van der Waals surface area contributed by atoms with Crippen LogP contribution in [-0.4, -0.2) is 16.2 Å². The SMILES string of the molecule is C=C[C](O)C(C=C)C(=O)O. The molecule has 55 valence electrons. The first-order valence-electron chi connectivity index (χ1n) is 2.67. The Morgan fingerprint density at radius 3 is 2.00 bits per heavy atom. The molecule has 0 aliphatic rings.